The van der Waals surface area contributed by atoms with E-state index in [1.807, 2.05) is 0 Å². The van der Waals surface area contributed by atoms with Gasteiger partial charge in [-0.3, -0.25) is 4.79 Å². The standard InChI is InChI=1S/C15H17Cl2N3O/c16-12-8-13(17)10-14(9-12)19-15(21)11-2-6-20(7-3-11)5-1-4-18/h8-11H,1-3,5-7H2,(H,19,21). The van der Waals surface area contributed by atoms with Gasteiger partial charge in [0.2, 0.25) is 5.91 Å². The lowest BCUT2D eigenvalue weighted by molar-refractivity contribution is -0.121. The van der Waals surface area contributed by atoms with Crippen molar-refractivity contribution in [3.63, 3.8) is 0 Å². The monoisotopic (exact) mass is 325 g/mol. The van der Waals surface area contributed by atoms with Gasteiger partial charge in [0.1, 0.15) is 0 Å². The number of benzene rings is 1. The molecule has 0 saturated carbocycles. The number of rotatable bonds is 4. The van der Waals surface area contributed by atoms with Gasteiger partial charge in [0.25, 0.3) is 0 Å². The van der Waals surface area contributed by atoms with Gasteiger partial charge in [0.15, 0.2) is 0 Å². The van der Waals surface area contributed by atoms with E-state index in [-0.39, 0.29) is 11.8 Å². The molecule has 0 unspecified atom stereocenters. The molecule has 1 amide bonds. The molecule has 1 heterocycles. The molecule has 6 heteroatoms. The van der Waals surface area contributed by atoms with Crippen LogP contribution < -0.4 is 5.32 Å². The van der Waals surface area contributed by atoms with Gasteiger partial charge in [-0.05, 0) is 44.1 Å². The molecule has 1 aliphatic heterocycles. The lowest BCUT2D eigenvalue weighted by Crippen LogP contribution is -2.38. The summed E-state index contributed by atoms with van der Waals surface area (Å²) in [5, 5.41) is 12.5. The second-order valence-corrected chi connectivity index (χ2v) is 6.04. The summed E-state index contributed by atoms with van der Waals surface area (Å²) in [4.78, 5) is 14.5. The molecule has 1 aromatic carbocycles. The lowest BCUT2D eigenvalue weighted by atomic mass is 9.95. The van der Waals surface area contributed by atoms with Crippen molar-refractivity contribution in [2.24, 2.45) is 5.92 Å². The first-order chi connectivity index (χ1) is 10.1. The third-order valence-electron chi connectivity index (χ3n) is 3.63. The smallest absolute Gasteiger partial charge is 0.227 e. The van der Waals surface area contributed by atoms with Crippen LogP contribution in [0.4, 0.5) is 5.69 Å². The van der Waals surface area contributed by atoms with E-state index in [9.17, 15) is 4.79 Å². The number of carbonyl (C=O) groups is 1. The van der Waals surface area contributed by atoms with Crippen LogP contribution in [0, 0.1) is 17.2 Å². The summed E-state index contributed by atoms with van der Waals surface area (Å²) in [6.45, 7) is 2.50. The van der Waals surface area contributed by atoms with Gasteiger partial charge in [0.05, 0.1) is 6.07 Å². The van der Waals surface area contributed by atoms with Gasteiger partial charge in [-0.2, -0.15) is 5.26 Å². The summed E-state index contributed by atoms with van der Waals surface area (Å²) in [5.74, 6) is 0.00867. The van der Waals surface area contributed by atoms with Crippen molar-refractivity contribution in [2.45, 2.75) is 19.3 Å². The quantitative estimate of drug-likeness (QED) is 0.920. The number of anilines is 1. The fraction of sp³-hybridized carbons (Fsp3) is 0.467. The maximum Gasteiger partial charge on any atom is 0.227 e. The normalized spacial score (nSPS) is 16.4. The highest BCUT2D eigenvalue weighted by Gasteiger charge is 2.24. The maximum atomic E-state index is 12.2. The van der Waals surface area contributed by atoms with E-state index in [2.05, 4.69) is 16.3 Å². The molecule has 112 valence electrons. The number of carbonyl (C=O) groups excluding carboxylic acids is 1. The van der Waals surface area contributed by atoms with Crippen molar-refractivity contribution < 1.29 is 4.79 Å². The molecule has 4 nitrogen and oxygen atoms in total. The molecule has 1 fully saturated rings. The summed E-state index contributed by atoms with van der Waals surface area (Å²) in [6.07, 6.45) is 2.16. The van der Waals surface area contributed by atoms with Crippen LogP contribution >= 0.6 is 23.2 Å². The minimum absolute atomic E-state index is 0.00101. The molecule has 0 aromatic heterocycles. The molecule has 1 saturated heterocycles. The zero-order chi connectivity index (χ0) is 15.2. The van der Waals surface area contributed by atoms with Gasteiger partial charge >= 0.3 is 0 Å². The van der Waals surface area contributed by atoms with Crippen LogP contribution in [0.1, 0.15) is 19.3 Å². The molecule has 21 heavy (non-hydrogen) atoms. The molecule has 1 aromatic rings. The molecule has 2 rings (SSSR count). The number of nitriles is 1. The van der Waals surface area contributed by atoms with Gasteiger partial charge in [-0.15, -0.1) is 0 Å². The Kier molecular flexibility index (Phi) is 5.86. The number of hydrogen-bond acceptors (Lipinski definition) is 3. The highest BCUT2D eigenvalue weighted by atomic mass is 35.5. The van der Waals surface area contributed by atoms with Crippen LogP contribution in [0.3, 0.4) is 0 Å². The summed E-state index contributed by atoms with van der Waals surface area (Å²) in [7, 11) is 0. The van der Waals surface area contributed by atoms with Gasteiger partial charge in [0, 0.05) is 34.6 Å². The molecule has 0 atom stereocenters. The van der Waals surface area contributed by atoms with Gasteiger partial charge < -0.3 is 10.2 Å². The van der Waals surface area contributed by atoms with Crippen molar-refractivity contribution in [3.8, 4) is 6.07 Å². The van der Waals surface area contributed by atoms with Crippen LogP contribution in [0.5, 0.6) is 0 Å². The van der Waals surface area contributed by atoms with Gasteiger partial charge in [-0.25, -0.2) is 0 Å². The predicted molar refractivity (Wildman–Crippen MR) is 84.5 cm³/mol. The zero-order valence-corrected chi connectivity index (χ0v) is 13.1. The minimum atomic E-state index is 0.00101. The molecular weight excluding hydrogens is 309 g/mol. The van der Waals surface area contributed by atoms with Crippen molar-refractivity contribution in [3.05, 3.63) is 28.2 Å². The largest absolute Gasteiger partial charge is 0.326 e. The Morgan fingerprint density at radius 3 is 2.48 bits per heavy atom. The fourth-order valence-electron chi connectivity index (χ4n) is 2.50. The zero-order valence-electron chi connectivity index (χ0n) is 11.6. The molecule has 0 aliphatic carbocycles. The summed E-state index contributed by atoms with van der Waals surface area (Å²) in [6, 6.07) is 7.15. The van der Waals surface area contributed by atoms with E-state index >= 15 is 0 Å². The number of nitrogens with zero attached hydrogens (tertiary/aromatic N) is 2. The van der Waals surface area contributed by atoms with Crippen LogP contribution in [0.2, 0.25) is 10.0 Å². The van der Waals surface area contributed by atoms with E-state index in [4.69, 9.17) is 28.5 Å². The van der Waals surface area contributed by atoms with Crippen LogP contribution in [-0.4, -0.2) is 30.4 Å². The second kappa shape index (κ2) is 7.65. The third kappa shape index (κ3) is 4.89. The Balaban J connectivity index is 1.86. The molecule has 1 N–H and O–H groups in total. The van der Waals surface area contributed by atoms with Crippen molar-refractivity contribution in [1.82, 2.24) is 4.90 Å². The van der Waals surface area contributed by atoms with Crippen LogP contribution in [0.15, 0.2) is 18.2 Å². The van der Waals surface area contributed by atoms with Gasteiger partial charge in [-0.1, -0.05) is 23.2 Å². The summed E-state index contributed by atoms with van der Waals surface area (Å²) in [5.41, 5.74) is 0.629. The Hall–Kier alpha value is -1.28. The SMILES string of the molecule is N#CCCN1CCC(C(=O)Nc2cc(Cl)cc(Cl)c2)CC1. The third-order valence-corrected chi connectivity index (χ3v) is 4.06. The molecular formula is C15H17Cl2N3O. The first-order valence-electron chi connectivity index (χ1n) is 6.95. The number of piperidine rings is 1. The number of likely N-dealkylation sites (tertiary alicyclic amines) is 1. The topological polar surface area (TPSA) is 56.1 Å². The number of hydrogen-bond donors (Lipinski definition) is 1. The van der Waals surface area contributed by atoms with E-state index in [1.54, 1.807) is 18.2 Å². The van der Waals surface area contributed by atoms with Crippen molar-refractivity contribution in [1.29, 1.82) is 5.26 Å². The first-order valence-corrected chi connectivity index (χ1v) is 7.70. The predicted octanol–water partition coefficient (Wildman–Crippen LogP) is 3.56. The van der Waals surface area contributed by atoms with Crippen LogP contribution in [-0.2, 0) is 4.79 Å². The average molecular weight is 326 g/mol. The van der Waals surface area contributed by atoms with Crippen LogP contribution in [0.25, 0.3) is 0 Å². The first kappa shape index (κ1) is 16.1. The Morgan fingerprint density at radius 1 is 1.29 bits per heavy atom. The highest BCUT2D eigenvalue weighted by molar-refractivity contribution is 6.35. The number of nitrogens with one attached hydrogen (secondary N) is 1. The Morgan fingerprint density at radius 2 is 1.90 bits per heavy atom. The molecule has 0 spiro atoms. The molecule has 0 radical (unpaired) electrons. The molecule has 0 bridgehead atoms. The highest BCUT2D eigenvalue weighted by Crippen LogP contribution is 2.24. The van der Waals surface area contributed by atoms with E-state index < -0.39 is 0 Å². The average Bonchev–Trinajstić information content (AvgIpc) is 2.44. The van der Waals surface area contributed by atoms with E-state index in [1.165, 1.54) is 0 Å². The lowest BCUT2D eigenvalue weighted by Gasteiger charge is -2.30. The van der Waals surface area contributed by atoms with Crippen molar-refractivity contribution in [2.75, 3.05) is 25.0 Å². The maximum absolute atomic E-state index is 12.2. The fourth-order valence-corrected chi connectivity index (χ4v) is 3.02. The summed E-state index contributed by atoms with van der Waals surface area (Å²) < 4.78 is 0. The Bertz CT molecular complexity index is 528. The van der Waals surface area contributed by atoms with E-state index in [0.717, 1.165) is 32.5 Å². The number of halogens is 2. The van der Waals surface area contributed by atoms with Crippen molar-refractivity contribution >= 4 is 34.8 Å². The minimum Gasteiger partial charge on any atom is -0.326 e. The summed E-state index contributed by atoms with van der Waals surface area (Å²) >= 11 is 11.8. The second-order valence-electron chi connectivity index (χ2n) is 5.17. The number of amides is 1. The molecule has 1 aliphatic rings. The van der Waals surface area contributed by atoms with E-state index in [0.29, 0.717) is 22.2 Å². The Labute approximate surface area is 134 Å².